The first-order chi connectivity index (χ1) is 27.8. The van der Waals surface area contributed by atoms with Gasteiger partial charge in [-0.25, -0.2) is 8.78 Å². The van der Waals surface area contributed by atoms with E-state index in [1.807, 2.05) is 0 Å². The fourth-order valence-corrected chi connectivity index (χ4v) is 5.56. The van der Waals surface area contributed by atoms with Gasteiger partial charge in [0.1, 0.15) is 49.8 Å². The number of hydrogen-bond acceptors (Lipinski definition) is 23. The monoisotopic (exact) mass is 912 g/mol. The zero-order chi connectivity index (χ0) is 46.2. The van der Waals surface area contributed by atoms with Crippen LogP contribution in [-0.2, 0) is 90.5 Å². The van der Waals surface area contributed by atoms with Crippen molar-refractivity contribution < 1.29 is 120 Å². The van der Waals surface area contributed by atoms with Crippen molar-refractivity contribution in [1.82, 2.24) is 0 Å². The average molecular weight is 913 g/mol. The molecule has 3 aliphatic heterocycles. The molecule has 0 amide bonds. The van der Waals surface area contributed by atoms with E-state index in [1.165, 1.54) is 27.7 Å². The predicted octanol–water partition coefficient (Wildman–Crippen LogP) is -1.45. The van der Waals surface area contributed by atoms with Gasteiger partial charge in [-0.05, 0) is 0 Å². The number of aliphatic hydroxyl groups is 4. The summed E-state index contributed by atoms with van der Waals surface area (Å²) < 4.78 is 82.2. The van der Waals surface area contributed by atoms with E-state index in [9.17, 15) is 47.1 Å². The van der Waals surface area contributed by atoms with Gasteiger partial charge in [-0.2, -0.15) is 0 Å². The predicted molar refractivity (Wildman–Crippen MR) is 193 cm³/mol. The zero-order valence-corrected chi connectivity index (χ0v) is 35.3. The Morgan fingerprint density at radius 2 is 0.836 bits per heavy atom. The molecule has 23 nitrogen and oxygen atoms in total. The van der Waals surface area contributed by atoms with Crippen LogP contribution in [0.5, 0.6) is 0 Å². The van der Waals surface area contributed by atoms with E-state index in [0.29, 0.717) is 0 Å². The van der Waals surface area contributed by atoms with Crippen molar-refractivity contribution in [2.75, 3.05) is 19.8 Å². The number of aliphatic hydroxyl groups excluding tert-OH is 4. The molecule has 0 spiro atoms. The summed E-state index contributed by atoms with van der Waals surface area (Å²) >= 11 is 0. The first-order valence-electron chi connectivity index (χ1n) is 18.0. The number of hydrogen-bond donors (Lipinski definition) is 4. The second-order valence-corrected chi connectivity index (χ2v) is 13.2. The molecular formula is C35H53ClF2O23. The molecule has 0 saturated carbocycles. The van der Waals surface area contributed by atoms with E-state index in [2.05, 4.69) is 4.74 Å². The fraction of sp³-hybridized carbons (Fsp3) is 0.771. The van der Waals surface area contributed by atoms with Gasteiger partial charge in [0, 0.05) is 55.4 Å². The summed E-state index contributed by atoms with van der Waals surface area (Å²) in [6, 6.07) is 0. The highest BCUT2D eigenvalue weighted by Crippen LogP contribution is 2.32. The molecule has 0 bridgehead atoms. The van der Waals surface area contributed by atoms with Crippen molar-refractivity contribution in [3.05, 3.63) is 0 Å². The van der Waals surface area contributed by atoms with Crippen LogP contribution in [0.2, 0.25) is 0 Å². The lowest BCUT2D eigenvalue weighted by Crippen LogP contribution is -2.60. The first kappa shape index (κ1) is 56.6. The van der Waals surface area contributed by atoms with Gasteiger partial charge in [0.25, 0.3) is 0 Å². The number of alkyl halides is 2. The maximum Gasteiger partial charge on any atom is 0.305 e. The first-order valence-corrected chi connectivity index (χ1v) is 18.0. The molecule has 352 valence electrons. The van der Waals surface area contributed by atoms with Crippen molar-refractivity contribution >= 4 is 60.2 Å². The Balaban J connectivity index is 0.000000925. The molecule has 1 unspecified atom stereocenters. The molecule has 0 aromatic heterocycles. The molecule has 4 N–H and O–H groups in total. The third-order valence-corrected chi connectivity index (χ3v) is 8.02. The Bertz CT molecular complexity index is 1360. The molecule has 3 aliphatic rings. The Morgan fingerprint density at radius 1 is 0.475 bits per heavy atom. The minimum Gasteiger partial charge on any atom is -0.463 e. The number of carbonyl (C=O) groups excluding carboxylic acids is 8. The SMILES string of the molecule is CC(=O)OC[C@H]1O[C@@H](OC(C)=O)[C@@H](C)[C@@H](OC(C)=O)[C@@H]1OC(C)=O.CC(=O)OC[C@H]1O[C@@H](OC(C)=O)[C@@H]([18F])[C@@H](OC(C)=O)[C@@H]1OC(C)=O.Cl.OC[C@H]1OC(O)[C@@H]([18F])[C@@H](O)[C@@H]1O. The van der Waals surface area contributed by atoms with Crippen LogP contribution >= 0.6 is 12.4 Å². The standard InChI is InChI=1S/C15H22O9.C14H19FO9.C6H11FO5.ClH/c1-7-13(21-9(3)17)14(22-10(4)18)12(6-20-8(2)16)24-15(7)23-11(5)19;1-6(16)20-5-10-12(21-7(2)17)13(22-8(3)18)11(15)14(24-10)23-9(4)19;7-3-5(10)4(9)2(1-8)12-6(3)11;/h7,12-15H,6H2,1-5H3;10-14H,5H2,1-4H3;2-6,8-11H,1H2;1H/t7-,12+,13+,14+,15+;10-,11+,12-,13-,14-;2-,3+,4-,5-,6?;/m011./s1/i;15-1;7-1;. The summed E-state index contributed by atoms with van der Waals surface area (Å²) in [6.07, 6.45) is -20.1. The summed E-state index contributed by atoms with van der Waals surface area (Å²) in [5.41, 5.74) is 0. The minimum atomic E-state index is -2.10. The number of esters is 8. The van der Waals surface area contributed by atoms with E-state index < -0.39 is 153 Å². The normalized spacial score (nSPS) is 32.7. The quantitative estimate of drug-likeness (QED) is 0.136. The van der Waals surface area contributed by atoms with Crippen molar-refractivity contribution in [2.45, 2.75) is 148 Å². The zero-order valence-electron chi connectivity index (χ0n) is 34.5. The van der Waals surface area contributed by atoms with Crippen LogP contribution in [0.4, 0.5) is 8.78 Å². The van der Waals surface area contributed by atoms with Gasteiger partial charge in [0.2, 0.25) is 18.8 Å². The highest BCUT2D eigenvalue weighted by Gasteiger charge is 2.53. The van der Waals surface area contributed by atoms with Crippen molar-refractivity contribution in [2.24, 2.45) is 5.92 Å². The largest absolute Gasteiger partial charge is 0.463 e. The van der Waals surface area contributed by atoms with Gasteiger partial charge in [-0.1, -0.05) is 6.92 Å². The van der Waals surface area contributed by atoms with Crippen LogP contribution < -0.4 is 0 Å². The fourth-order valence-electron chi connectivity index (χ4n) is 5.56. The highest BCUT2D eigenvalue weighted by atomic mass is 35.5. The van der Waals surface area contributed by atoms with E-state index in [4.69, 9.17) is 67.8 Å². The summed E-state index contributed by atoms with van der Waals surface area (Å²) in [5.74, 6) is -6.09. The Morgan fingerprint density at radius 3 is 1.23 bits per heavy atom. The second kappa shape index (κ2) is 26.9. The molecule has 3 heterocycles. The van der Waals surface area contributed by atoms with Crippen molar-refractivity contribution in [1.29, 1.82) is 0 Å². The Hall–Kier alpha value is -4.37. The third-order valence-electron chi connectivity index (χ3n) is 8.02. The van der Waals surface area contributed by atoms with Gasteiger partial charge < -0.3 is 72.5 Å². The van der Waals surface area contributed by atoms with Crippen LogP contribution in [-0.4, -0.2) is 174 Å². The van der Waals surface area contributed by atoms with E-state index in [1.54, 1.807) is 6.92 Å². The second-order valence-electron chi connectivity index (χ2n) is 13.2. The Kier molecular flexibility index (Phi) is 24.9. The molecule has 26 heteroatoms. The lowest BCUT2D eigenvalue weighted by Gasteiger charge is -2.43. The van der Waals surface area contributed by atoms with Gasteiger partial charge >= 0.3 is 47.8 Å². The lowest BCUT2D eigenvalue weighted by atomic mass is 9.92. The molecule has 0 aliphatic carbocycles. The summed E-state index contributed by atoms with van der Waals surface area (Å²) in [6.45, 7) is 9.45. The van der Waals surface area contributed by atoms with Crippen LogP contribution in [0, 0.1) is 5.92 Å². The highest BCUT2D eigenvalue weighted by molar-refractivity contribution is 5.85. The average Bonchev–Trinajstić information content (AvgIpc) is 3.12. The summed E-state index contributed by atoms with van der Waals surface area (Å²) in [7, 11) is 0. The molecule has 61 heavy (non-hydrogen) atoms. The molecule has 3 fully saturated rings. The van der Waals surface area contributed by atoms with Crippen LogP contribution in [0.3, 0.4) is 0 Å². The van der Waals surface area contributed by atoms with E-state index >= 15 is 0 Å². The van der Waals surface area contributed by atoms with E-state index in [-0.39, 0.29) is 19.0 Å². The smallest absolute Gasteiger partial charge is 0.305 e. The van der Waals surface area contributed by atoms with Gasteiger partial charge in [-0.15, -0.1) is 12.4 Å². The number of carbonyl (C=O) groups is 8. The van der Waals surface area contributed by atoms with Gasteiger partial charge in [0.15, 0.2) is 30.8 Å². The molecule has 15 atom stereocenters. The van der Waals surface area contributed by atoms with Gasteiger partial charge in [-0.3, -0.25) is 38.4 Å². The summed E-state index contributed by atoms with van der Waals surface area (Å²) in [5, 5.41) is 35.3. The van der Waals surface area contributed by atoms with Crippen molar-refractivity contribution in [3.8, 4) is 0 Å². The van der Waals surface area contributed by atoms with E-state index in [0.717, 1.165) is 27.7 Å². The van der Waals surface area contributed by atoms with Crippen molar-refractivity contribution in [3.63, 3.8) is 0 Å². The lowest BCUT2D eigenvalue weighted by molar-refractivity contribution is -0.284. The third kappa shape index (κ3) is 19.1. The number of halogens is 3. The summed E-state index contributed by atoms with van der Waals surface area (Å²) in [4.78, 5) is 89.6. The maximum atomic E-state index is 14.5. The minimum absolute atomic E-state index is 0. The maximum absolute atomic E-state index is 14.5. The number of rotatable bonds is 11. The van der Waals surface area contributed by atoms with Crippen LogP contribution in [0.25, 0.3) is 0 Å². The molecule has 0 aromatic rings. The molecule has 3 rings (SSSR count). The topological polar surface area (TPSA) is 319 Å². The molecule has 0 aromatic carbocycles. The van der Waals surface area contributed by atoms with Crippen LogP contribution in [0.1, 0.15) is 62.3 Å². The molecule has 3 saturated heterocycles. The Labute approximate surface area is 353 Å². The molecule has 0 radical (unpaired) electrons. The van der Waals surface area contributed by atoms with Gasteiger partial charge in [0.05, 0.1) is 12.5 Å². The number of ether oxygens (including phenoxy) is 11. The van der Waals surface area contributed by atoms with Crippen LogP contribution in [0.15, 0.2) is 0 Å². The molecular weight excluding hydrogens is 860 g/mol.